The van der Waals surface area contributed by atoms with Crippen molar-refractivity contribution in [1.29, 1.82) is 5.26 Å². The molecule has 1 aromatic carbocycles. The topological polar surface area (TPSA) is 112 Å². The molecule has 4 rings (SSSR count). The normalized spacial score (nSPS) is 19.8. The number of Topliss-reactive ketones (excluding diaryl/α,β-unsaturated/α-hetero) is 1. The van der Waals surface area contributed by atoms with E-state index in [1.54, 1.807) is 18.3 Å². The van der Waals surface area contributed by atoms with E-state index in [9.17, 15) is 14.9 Å². The molecule has 0 saturated heterocycles. The molecule has 7 heteroatoms. The number of aromatic nitrogens is 1. The molecular weight excluding hydrogens is 414 g/mol. The van der Waals surface area contributed by atoms with Crippen LogP contribution in [0.5, 0.6) is 0 Å². The van der Waals surface area contributed by atoms with Gasteiger partial charge in [-0.25, -0.2) is 5.01 Å². The zero-order valence-electron chi connectivity index (χ0n) is 19.1. The summed E-state index contributed by atoms with van der Waals surface area (Å²) >= 11 is 0. The fraction of sp³-hybridized carbons (Fsp3) is 0.308. The van der Waals surface area contributed by atoms with Crippen LogP contribution >= 0.6 is 0 Å². The van der Waals surface area contributed by atoms with Crippen LogP contribution in [0.3, 0.4) is 0 Å². The third-order valence-electron chi connectivity index (χ3n) is 6.24. The van der Waals surface area contributed by atoms with Crippen LogP contribution in [0.15, 0.2) is 71.5 Å². The number of ketones is 1. The standard InChI is InChI=1S/C26H27N5O2/c1-4-16-7-9-17(10-8-16)22-19(14-27)24(28)31(30-25(33)18-6-5-11-29-15-18)20-12-26(2,3)13-21(32)23(20)22/h5-11,15,22H,4,12-13,28H2,1-3H3,(H,30,33). The van der Waals surface area contributed by atoms with Gasteiger partial charge in [-0.05, 0) is 41.5 Å². The van der Waals surface area contributed by atoms with Crippen LogP contribution in [0, 0.1) is 16.7 Å². The smallest absolute Gasteiger partial charge is 0.271 e. The van der Waals surface area contributed by atoms with Gasteiger partial charge in [-0.3, -0.25) is 20.0 Å². The van der Waals surface area contributed by atoms with Crippen LogP contribution < -0.4 is 11.2 Å². The van der Waals surface area contributed by atoms with E-state index in [1.807, 2.05) is 38.1 Å². The average Bonchev–Trinajstić information content (AvgIpc) is 2.80. The number of carbonyl (C=O) groups excluding carboxylic acids is 2. The van der Waals surface area contributed by atoms with E-state index in [-0.39, 0.29) is 22.6 Å². The number of nitrogens with zero attached hydrogens (tertiary/aromatic N) is 3. The second-order valence-electron chi connectivity index (χ2n) is 9.26. The van der Waals surface area contributed by atoms with Gasteiger partial charge in [0.1, 0.15) is 5.82 Å². The summed E-state index contributed by atoms with van der Waals surface area (Å²) in [7, 11) is 0. The minimum Gasteiger partial charge on any atom is -0.383 e. The minimum atomic E-state index is -0.564. The van der Waals surface area contributed by atoms with Crippen LogP contribution in [-0.4, -0.2) is 21.7 Å². The Bertz CT molecular complexity index is 1200. The SMILES string of the molecule is CCc1ccc(C2C(C#N)=C(N)N(NC(=O)c3cccnc3)C3=C2C(=O)CC(C)(C)C3)cc1. The highest BCUT2D eigenvalue weighted by atomic mass is 16.2. The Kier molecular flexibility index (Phi) is 5.77. The maximum Gasteiger partial charge on any atom is 0.271 e. The van der Waals surface area contributed by atoms with Gasteiger partial charge in [-0.1, -0.05) is 45.0 Å². The van der Waals surface area contributed by atoms with Crippen molar-refractivity contribution in [2.45, 2.75) is 46.0 Å². The first kappa shape index (κ1) is 22.3. The molecule has 2 aliphatic rings. The minimum absolute atomic E-state index is 0.0355. The monoisotopic (exact) mass is 441 g/mol. The number of nitriles is 1. The number of rotatable bonds is 4. The molecular formula is C26H27N5O2. The van der Waals surface area contributed by atoms with Crippen molar-refractivity contribution < 1.29 is 9.59 Å². The molecule has 1 atom stereocenters. The van der Waals surface area contributed by atoms with Crippen molar-refractivity contribution in [2.75, 3.05) is 0 Å². The van der Waals surface area contributed by atoms with E-state index in [2.05, 4.69) is 23.4 Å². The molecule has 1 aromatic heterocycles. The lowest BCUT2D eigenvalue weighted by Gasteiger charge is -2.43. The maximum absolute atomic E-state index is 13.4. The zero-order chi connectivity index (χ0) is 23.8. The first-order chi connectivity index (χ1) is 15.8. The Hall–Kier alpha value is -3.92. The van der Waals surface area contributed by atoms with Gasteiger partial charge >= 0.3 is 0 Å². The molecule has 2 heterocycles. The van der Waals surface area contributed by atoms with Crippen molar-refractivity contribution in [3.63, 3.8) is 0 Å². The number of benzene rings is 1. The number of allylic oxidation sites excluding steroid dienone is 3. The highest BCUT2D eigenvalue weighted by Gasteiger charge is 2.44. The Labute approximate surface area is 193 Å². The second-order valence-corrected chi connectivity index (χ2v) is 9.26. The molecule has 168 valence electrons. The van der Waals surface area contributed by atoms with Crippen LogP contribution in [-0.2, 0) is 11.2 Å². The van der Waals surface area contributed by atoms with Crippen molar-refractivity contribution >= 4 is 11.7 Å². The summed E-state index contributed by atoms with van der Waals surface area (Å²) in [6.45, 7) is 6.10. The largest absolute Gasteiger partial charge is 0.383 e. The summed E-state index contributed by atoms with van der Waals surface area (Å²) < 4.78 is 0. The third-order valence-corrected chi connectivity index (χ3v) is 6.24. The Balaban J connectivity index is 1.85. The van der Waals surface area contributed by atoms with Crippen LogP contribution in [0.1, 0.15) is 61.0 Å². The van der Waals surface area contributed by atoms with Gasteiger partial charge in [0.25, 0.3) is 5.91 Å². The van der Waals surface area contributed by atoms with Crippen molar-refractivity contribution in [3.05, 3.63) is 88.1 Å². The Morgan fingerprint density at radius 3 is 2.61 bits per heavy atom. The molecule has 7 nitrogen and oxygen atoms in total. The van der Waals surface area contributed by atoms with E-state index < -0.39 is 11.8 Å². The molecule has 0 bridgehead atoms. The Morgan fingerprint density at radius 2 is 2.00 bits per heavy atom. The number of nitrogens with two attached hydrogens (primary N) is 1. The van der Waals surface area contributed by atoms with Crippen LogP contribution in [0.4, 0.5) is 0 Å². The number of amides is 1. The van der Waals surface area contributed by atoms with Crippen molar-refractivity contribution in [3.8, 4) is 6.07 Å². The van der Waals surface area contributed by atoms with Gasteiger partial charge in [0, 0.05) is 24.4 Å². The molecule has 1 unspecified atom stereocenters. The lowest BCUT2D eigenvalue weighted by atomic mass is 9.69. The fourth-order valence-corrected chi connectivity index (χ4v) is 4.58. The van der Waals surface area contributed by atoms with E-state index in [0.29, 0.717) is 29.7 Å². The summed E-state index contributed by atoms with van der Waals surface area (Å²) in [5.74, 6) is -0.891. The van der Waals surface area contributed by atoms with E-state index in [1.165, 1.54) is 16.8 Å². The van der Waals surface area contributed by atoms with Gasteiger partial charge in [-0.2, -0.15) is 5.26 Å². The molecule has 1 aliphatic heterocycles. The Morgan fingerprint density at radius 1 is 1.27 bits per heavy atom. The maximum atomic E-state index is 13.4. The summed E-state index contributed by atoms with van der Waals surface area (Å²) in [6, 6.07) is 13.4. The highest BCUT2D eigenvalue weighted by molar-refractivity contribution is 6.00. The summed E-state index contributed by atoms with van der Waals surface area (Å²) in [5, 5.41) is 11.5. The highest BCUT2D eigenvalue weighted by Crippen LogP contribution is 2.48. The van der Waals surface area contributed by atoms with Crippen molar-refractivity contribution in [2.24, 2.45) is 11.1 Å². The number of aryl methyl sites for hydroxylation is 1. The third kappa shape index (κ3) is 4.12. The molecule has 0 fully saturated rings. The van der Waals surface area contributed by atoms with Crippen molar-refractivity contribution in [1.82, 2.24) is 15.4 Å². The molecule has 1 amide bonds. The summed E-state index contributed by atoms with van der Waals surface area (Å²) in [5.41, 5.74) is 12.8. The first-order valence-electron chi connectivity index (χ1n) is 11.0. The van der Waals surface area contributed by atoms with Gasteiger partial charge < -0.3 is 5.73 Å². The zero-order valence-corrected chi connectivity index (χ0v) is 19.1. The molecule has 0 radical (unpaired) electrons. The van der Waals surface area contributed by atoms with Gasteiger partial charge in [0.15, 0.2) is 5.78 Å². The second kappa shape index (κ2) is 8.55. The molecule has 0 spiro atoms. The lowest BCUT2D eigenvalue weighted by molar-refractivity contribution is -0.118. The summed E-state index contributed by atoms with van der Waals surface area (Å²) in [4.78, 5) is 30.4. The average molecular weight is 442 g/mol. The number of hydrazine groups is 1. The van der Waals surface area contributed by atoms with E-state index in [0.717, 1.165) is 12.0 Å². The first-order valence-corrected chi connectivity index (χ1v) is 11.0. The molecule has 3 N–H and O–H groups in total. The number of hydrogen-bond acceptors (Lipinski definition) is 6. The lowest BCUT2D eigenvalue weighted by Crippen LogP contribution is -2.49. The van der Waals surface area contributed by atoms with Gasteiger partial charge in [-0.15, -0.1) is 0 Å². The molecule has 1 aliphatic carbocycles. The molecule has 0 saturated carbocycles. The number of pyridine rings is 1. The quantitative estimate of drug-likeness (QED) is 0.748. The van der Waals surface area contributed by atoms with Crippen LogP contribution in [0.2, 0.25) is 0 Å². The predicted molar refractivity (Wildman–Crippen MR) is 124 cm³/mol. The number of hydrogen-bond donors (Lipinski definition) is 2. The fourth-order valence-electron chi connectivity index (χ4n) is 4.58. The molecule has 33 heavy (non-hydrogen) atoms. The predicted octanol–water partition coefficient (Wildman–Crippen LogP) is 3.73. The van der Waals surface area contributed by atoms with Gasteiger partial charge in [0.2, 0.25) is 0 Å². The number of carbonyl (C=O) groups is 2. The van der Waals surface area contributed by atoms with E-state index in [4.69, 9.17) is 5.73 Å². The van der Waals surface area contributed by atoms with Gasteiger partial charge in [0.05, 0.1) is 28.8 Å². The molecule has 2 aromatic rings. The van der Waals surface area contributed by atoms with E-state index >= 15 is 0 Å². The van der Waals surface area contributed by atoms with Crippen LogP contribution in [0.25, 0.3) is 0 Å². The summed E-state index contributed by atoms with van der Waals surface area (Å²) in [6.07, 6.45) is 4.82. The number of nitrogens with one attached hydrogen (secondary N) is 1.